The Hall–Kier alpha value is -1.55. The standard InChI is InChI=1S/C15H21N3S/c1-4-9-18(15-17-11(2)12(3)19-15)10-13-7-5-6-8-14(13)16/h5-8H,4,9-10,16H2,1-3H3. The van der Waals surface area contributed by atoms with E-state index in [1.165, 1.54) is 10.4 Å². The fourth-order valence-corrected chi connectivity index (χ4v) is 2.92. The highest BCUT2D eigenvalue weighted by atomic mass is 32.1. The topological polar surface area (TPSA) is 42.1 Å². The molecule has 4 heteroatoms. The zero-order valence-electron chi connectivity index (χ0n) is 11.8. The Morgan fingerprint density at radius 2 is 2.00 bits per heavy atom. The van der Waals surface area contributed by atoms with Crippen LogP contribution in [0.4, 0.5) is 10.8 Å². The van der Waals surface area contributed by atoms with Gasteiger partial charge in [-0.25, -0.2) is 4.98 Å². The minimum atomic E-state index is 0.826. The minimum absolute atomic E-state index is 0.826. The monoisotopic (exact) mass is 275 g/mol. The molecule has 102 valence electrons. The summed E-state index contributed by atoms with van der Waals surface area (Å²) >= 11 is 1.76. The van der Waals surface area contributed by atoms with Crippen LogP contribution in [0, 0.1) is 13.8 Å². The number of thiazole rings is 1. The molecule has 0 aliphatic rings. The first-order chi connectivity index (χ1) is 9.11. The van der Waals surface area contributed by atoms with Crippen molar-refractivity contribution in [3.8, 4) is 0 Å². The summed E-state index contributed by atoms with van der Waals surface area (Å²) in [7, 11) is 0. The van der Waals surface area contributed by atoms with E-state index in [9.17, 15) is 0 Å². The Labute approximate surface area is 119 Å². The number of benzene rings is 1. The van der Waals surface area contributed by atoms with E-state index in [1.807, 2.05) is 18.2 Å². The van der Waals surface area contributed by atoms with Crippen molar-refractivity contribution in [1.29, 1.82) is 0 Å². The highest BCUT2D eigenvalue weighted by Crippen LogP contribution is 2.27. The number of para-hydroxylation sites is 1. The molecule has 19 heavy (non-hydrogen) atoms. The average Bonchev–Trinajstić information content (AvgIpc) is 2.72. The molecule has 0 bridgehead atoms. The number of aryl methyl sites for hydroxylation is 2. The Morgan fingerprint density at radius 3 is 2.58 bits per heavy atom. The smallest absolute Gasteiger partial charge is 0.186 e. The molecule has 0 saturated heterocycles. The van der Waals surface area contributed by atoms with E-state index in [0.717, 1.165) is 36.0 Å². The molecule has 1 aromatic heterocycles. The number of aromatic nitrogens is 1. The third-order valence-electron chi connectivity index (χ3n) is 3.20. The summed E-state index contributed by atoms with van der Waals surface area (Å²) in [5.74, 6) is 0. The van der Waals surface area contributed by atoms with Crippen LogP contribution in [0.15, 0.2) is 24.3 Å². The molecule has 0 spiro atoms. The summed E-state index contributed by atoms with van der Waals surface area (Å²) in [4.78, 5) is 8.26. The van der Waals surface area contributed by atoms with Gasteiger partial charge < -0.3 is 10.6 Å². The molecular formula is C15H21N3S. The van der Waals surface area contributed by atoms with Gasteiger partial charge in [-0.3, -0.25) is 0 Å². The van der Waals surface area contributed by atoms with E-state index < -0.39 is 0 Å². The average molecular weight is 275 g/mol. The third-order valence-corrected chi connectivity index (χ3v) is 4.33. The van der Waals surface area contributed by atoms with Crippen molar-refractivity contribution in [3.63, 3.8) is 0 Å². The number of anilines is 2. The predicted octanol–water partition coefficient (Wildman–Crippen LogP) is 3.76. The van der Waals surface area contributed by atoms with Gasteiger partial charge in [-0.1, -0.05) is 25.1 Å². The maximum absolute atomic E-state index is 6.03. The van der Waals surface area contributed by atoms with Gasteiger partial charge in [0.2, 0.25) is 0 Å². The van der Waals surface area contributed by atoms with Crippen molar-refractivity contribution in [2.75, 3.05) is 17.2 Å². The first-order valence-corrected chi connectivity index (χ1v) is 7.45. The molecule has 2 N–H and O–H groups in total. The number of nitrogen functional groups attached to an aromatic ring is 1. The van der Waals surface area contributed by atoms with Crippen LogP contribution in [-0.4, -0.2) is 11.5 Å². The molecule has 3 nitrogen and oxygen atoms in total. The Balaban J connectivity index is 2.23. The van der Waals surface area contributed by atoms with Crippen LogP contribution in [0.3, 0.4) is 0 Å². The molecule has 0 radical (unpaired) electrons. The molecule has 1 heterocycles. The number of nitrogens with two attached hydrogens (primary N) is 1. The zero-order chi connectivity index (χ0) is 13.8. The van der Waals surface area contributed by atoms with E-state index >= 15 is 0 Å². The second kappa shape index (κ2) is 6.06. The number of nitrogens with zero attached hydrogens (tertiary/aromatic N) is 2. The van der Waals surface area contributed by atoms with Crippen molar-refractivity contribution in [1.82, 2.24) is 4.98 Å². The summed E-state index contributed by atoms with van der Waals surface area (Å²) < 4.78 is 0. The molecule has 0 amide bonds. The summed E-state index contributed by atoms with van der Waals surface area (Å²) in [5, 5.41) is 1.10. The molecular weight excluding hydrogens is 254 g/mol. The molecule has 0 fully saturated rings. The van der Waals surface area contributed by atoms with Gasteiger partial charge >= 0.3 is 0 Å². The Kier molecular flexibility index (Phi) is 4.43. The van der Waals surface area contributed by atoms with Gasteiger partial charge in [0.05, 0.1) is 5.69 Å². The fraction of sp³-hybridized carbons (Fsp3) is 0.400. The molecule has 2 rings (SSSR count). The van der Waals surface area contributed by atoms with Crippen LogP contribution >= 0.6 is 11.3 Å². The molecule has 0 saturated carbocycles. The first-order valence-electron chi connectivity index (χ1n) is 6.64. The van der Waals surface area contributed by atoms with Gasteiger partial charge in [0, 0.05) is 23.7 Å². The minimum Gasteiger partial charge on any atom is -0.398 e. The van der Waals surface area contributed by atoms with Gasteiger partial charge in [0.1, 0.15) is 0 Å². The van der Waals surface area contributed by atoms with Crippen molar-refractivity contribution in [2.24, 2.45) is 0 Å². The van der Waals surface area contributed by atoms with Crippen molar-refractivity contribution >= 4 is 22.2 Å². The molecule has 0 aliphatic heterocycles. The first kappa shape index (κ1) is 13.9. The maximum Gasteiger partial charge on any atom is 0.186 e. The van der Waals surface area contributed by atoms with E-state index in [-0.39, 0.29) is 0 Å². The van der Waals surface area contributed by atoms with Crippen molar-refractivity contribution in [3.05, 3.63) is 40.4 Å². The zero-order valence-corrected chi connectivity index (χ0v) is 12.6. The van der Waals surface area contributed by atoms with Crippen molar-refractivity contribution < 1.29 is 0 Å². The van der Waals surface area contributed by atoms with Gasteiger partial charge in [-0.05, 0) is 31.9 Å². The van der Waals surface area contributed by atoms with Gasteiger partial charge in [0.25, 0.3) is 0 Å². The van der Waals surface area contributed by atoms with Crippen molar-refractivity contribution in [2.45, 2.75) is 33.7 Å². The van der Waals surface area contributed by atoms with E-state index in [2.05, 4.69) is 36.7 Å². The lowest BCUT2D eigenvalue weighted by atomic mass is 10.1. The molecule has 2 aromatic rings. The Morgan fingerprint density at radius 1 is 1.26 bits per heavy atom. The second-order valence-corrected chi connectivity index (χ2v) is 5.94. The molecule has 0 unspecified atom stereocenters. The fourth-order valence-electron chi connectivity index (χ4n) is 1.99. The number of hydrogen-bond donors (Lipinski definition) is 1. The Bertz CT molecular complexity index is 529. The van der Waals surface area contributed by atoms with Gasteiger partial charge in [-0.15, -0.1) is 11.3 Å². The van der Waals surface area contributed by atoms with Gasteiger partial charge in [0.15, 0.2) is 5.13 Å². The van der Waals surface area contributed by atoms with Crippen LogP contribution in [0.2, 0.25) is 0 Å². The summed E-state index contributed by atoms with van der Waals surface area (Å²) in [6.07, 6.45) is 1.10. The van der Waals surface area contributed by atoms with E-state index in [4.69, 9.17) is 5.73 Å². The van der Waals surface area contributed by atoms with E-state index in [1.54, 1.807) is 11.3 Å². The molecule has 0 aliphatic carbocycles. The quantitative estimate of drug-likeness (QED) is 0.845. The lowest BCUT2D eigenvalue weighted by Crippen LogP contribution is -2.23. The predicted molar refractivity (Wildman–Crippen MR) is 83.8 cm³/mol. The largest absolute Gasteiger partial charge is 0.398 e. The van der Waals surface area contributed by atoms with Crippen LogP contribution in [0.5, 0.6) is 0 Å². The third kappa shape index (κ3) is 3.26. The normalized spacial score (nSPS) is 10.7. The highest BCUT2D eigenvalue weighted by Gasteiger charge is 2.13. The van der Waals surface area contributed by atoms with Crippen LogP contribution in [0.25, 0.3) is 0 Å². The number of hydrogen-bond acceptors (Lipinski definition) is 4. The number of rotatable bonds is 5. The lowest BCUT2D eigenvalue weighted by molar-refractivity contribution is 0.763. The lowest BCUT2D eigenvalue weighted by Gasteiger charge is -2.22. The van der Waals surface area contributed by atoms with Crippen LogP contribution < -0.4 is 10.6 Å². The van der Waals surface area contributed by atoms with Crippen LogP contribution in [-0.2, 0) is 6.54 Å². The highest BCUT2D eigenvalue weighted by molar-refractivity contribution is 7.15. The maximum atomic E-state index is 6.03. The summed E-state index contributed by atoms with van der Waals surface area (Å²) in [5.41, 5.74) is 9.18. The molecule has 0 atom stereocenters. The van der Waals surface area contributed by atoms with Gasteiger partial charge in [-0.2, -0.15) is 0 Å². The van der Waals surface area contributed by atoms with Crippen LogP contribution in [0.1, 0.15) is 29.5 Å². The van der Waals surface area contributed by atoms with E-state index in [0.29, 0.717) is 0 Å². The SMILES string of the molecule is CCCN(Cc1ccccc1N)c1nc(C)c(C)s1. The summed E-state index contributed by atoms with van der Waals surface area (Å²) in [6.45, 7) is 8.20. The molecule has 1 aromatic carbocycles. The summed E-state index contributed by atoms with van der Waals surface area (Å²) in [6, 6.07) is 8.05. The second-order valence-electron chi connectivity index (χ2n) is 4.76.